The molecule has 1 aliphatic carbocycles. The van der Waals surface area contributed by atoms with Crippen LogP contribution in [0.4, 0.5) is 11.6 Å². The fourth-order valence-corrected chi connectivity index (χ4v) is 1.40. The van der Waals surface area contributed by atoms with Gasteiger partial charge in [-0.15, -0.1) is 0 Å². The van der Waals surface area contributed by atoms with Crippen LogP contribution >= 0.6 is 0 Å². The molecule has 1 heterocycles. The Morgan fingerprint density at radius 3 is 2.86 bits per heavy atom. The molecule has 0 amide bonds. The number of rotatable bonds is 5. The molecule has 14 heavy (non-hydrogen) atoms. The zero-order valence-corrected chi connectivity index (χ0v) is 8.45. The van der Waals surface area contributed by atoms with Crippen molar-refractivity contribution < 1.29 is 0 Å². The smallest absolute Gasteiger partial charge is 0.131 e. The lowest BCUT2D eigenvalue weighted by molar-refractivity contribution is 0.758. The maximum atomic E-state index is 4.14. The summed E-state index contributed by atoms with van der Waals surface area (Å²) in [6, 6.07) is 1.92. The highest BCUT2D eigenvalue weighted by atomic mass is 15.0. The van der Waals surface area contributed by atoms with Crippen LogP contribution in [-0.4, -0.2) is 23.6 Å². The SMILES string of the molecule is CNc1cc(NCCC2CC2)ncn1. The number of aromatic nitrogens is 2. The summed E-state index contributed by atoms with van der Waals surface area (Å²) in [6.07, 6.45) is 5.66. The lowest BCUT2D eigenvalue weighted by Gasteiger charge is -2.05. The van der Waals surface area contributed by atoms with E-state index in [-0.39, 0.29) is 0 Å². The van der Waals surface area contributed by atoms with Crippen LogP contribution in [0.2, 0.25) is 0 Å². The van der Waals surface area contributed by atoms with Gasteiger partial charge in [-0.25, -0.2) is 9.97 Å². The second-order valence-corrected chi connectivity index (χ2v) is 3.70. The first-order chi connectivity index (χ1) is 6.88. The monoisotopic (exact) mass is 192 g/mol. The van der Waals surface area contributed by atoms with E-state index in [9.17, 15) is 0 Å². The highest BCUT2D eigenvalue weighted by molar-refractivity contribution is 5.45. The van der Waals surface area contributed by atoms with E-state index < -0.39 is 0 Å². The molecule has 0 saturated heterocycles. The van der Waals surface area contributed by atoms with Crippen LogP contribution in [0.15, 0.2) is 12.4 Å². The summed E-state index contributed by atoms with van der Waals surface area (Å²) in [5.74, 6) is 2.73. The van der Waals surface area contributed by atoms with E-state index in [4.69, 9.17) is 0 Å². The summed E-state index contributed by atoms with van der Waals surface area (Å²) in [4.78, 5) is 8.19. The third-order valence-corrected chi connectivity index (χ3v) is 2.48. The number of anilines is 2. The highest BCUT2D eigenvalue weighted by Gasteiger charge is 2.20. The Kier molecular flexibility index (Phi) is 2.81. The van der Waals surface area contributed by atoms with Crippen LogP contribution in [0.1, 0.15) is 19.3 Å². The average molecular weight is 192 g/mol. The zero-order valence-electron chi connectivity index (χ0n) is 8.45. The van der Waals surface area contributed by atoms with E-state index in [1.54, 1.807) is 6.33 Å². The third-order valence-electron chi connectivity index (χ3n) is 2.48. The standard InChI is InChI=1S/C10H16N4/c1-11-9-6-10(14-7-13-9)12-5-4-8-2-3-8/h6-8H,2-5H2,1H3,(H2,11,12,13,14). The van der Waals surface area contributed by atoms with Gasteiger partial charge >= 0.3 is 0 Å². The van der Waals surface area contributed by atoms with Gasteiger partial charge in [0.25, 0.3) is 0 Å². The number of nitrogens with one attached hydrogen (secondary N) is 2. The van der Waals surface area contributed by atoms with Crippen molar-refractivity contribution >= 4 is 11.6 Å². The Morgan fingerprint density at radius 1 is 1.36 bits per heavy atom. The van der Waals surface area contributed by atoms with Crippen LogP contribution in [0.5, 0.6) is 0 Å². The number of hydrogen-bond donors (Lipinski definition) is 2. The maximum absolute atomic E-state index is 4.14. The Morgan fingerprint density at radius 2 is 2.14 bits per heavy atom. The van der Waals surface area contributed by atoms with Gasteiger partial charge in [0.05, 0.1) is 0 Å². The molecule has 4 nitrogen and oxygen atoms in total. The minimum Gasteiger partial charge on any atom is -0.373 e. The van der Waals surface area contributed by atoms with Crippen molar-refractivity contribution in [3.8, 4) is 0 Å². The summed E-state index contributed by atoms with van der Waals surface area (Å²) in [6.45, 7) is 1.02. The van der Waals surface area contributed by atoms with E-state index in [2.05, 4.69) is 20.6 Å². The van der Waals surface area contributed by atoms with Gasteiger partial charge in [-0.3, -0.25) is 0 Å². The molecule has 76 valence electrons. The molecule has 0 unspecified atom stereocenters. The van der Waals surface area contributed by atoms with Gasteiger partial charge in [0.15, 0.2) is 0 Å². The summed E-state index contributed by atoms with van der Waals surface area (Å²) < 4.78 is 0. The molecule has 0 spiro atoms. The third kappa shape index (κ3) is 2.58. The summed E-state index contributed by atoms with van der Waals surface area (Å²) in [5.41, 5.74) is 0. The Labute approximate surface area is 84.2 Å². The van der Waals surface area contributed by atoms with Crippen molar-refractivity contribution in [3.63, 3.8) is 0 Å². The molecule has 1 aliphatic rings. The van der Waals surface area contributed by atoms with Crippen molar-refractivity contribution in [2.45, 2.75) is 19.3 Å². The first kappa shape index (κ1) is 9.24. The van der Waals surface area contributed by atoms with E-state index in [0.29, 0.717) is 0 Å². The molecule has 0 aliphatic heterocycles. The number of hydrogen-bond acceptors (Lipinski definition) is 4. The van der Waals surface area contributed by atoms with Crippen LogP contribution < -0.4 is 10.6 Å². The molecular formula is C10H16N4. The molecule has 0 aromatic carbocycles. The van der Waals surface area contributed by atoms with Crippen LogP contribution in [-0.2, 0) is 0 Å². The van der Waals surface area contributed by atoms with E-state index in [1.807, 2.05) is 13.1 Å². The van der Waals surface area contributed by atoms with Gasteiger partial charge in [-0.05, 0) is 12.3 Å². The molecule has 0 radical (unpaired) electrons. The van der Waals surface area contributed by atoms with Gasteiger partial charge in [-0.1, -0.05) is 12.8 Å². The molecule has 2 N–H and O–H groups in total. The minimum atomic E-state index is 0.855. The van der Waals surface area contributed by atoms with Gasteiger partial charge in [0, 0.05) is 19.7 Å². The van der Waals surface area contributed by atoms with Crippen molar-refractivity contribution in [1.82, 2.24) is 9.97 Å². The number of nitrogens with zero attached hydrogens (tertiary/aromatic N) is 2. The molecular weight excluding hydrogens is 176 g/mol. The molecule has 0 atom stereocenters. The molecule has 4 heteroatoms. The molecule has 2 rings (SSSR count). The van der Waals surface area contributed by atoms with Crippen LogP contribution in [0.25, 0.3) is 0 Å². The van der Waals surface area contributed by atoms with Crippen molar-refractivity contribution in [3.05, 3.63) is 12.4 Å². The summed E-state index contributed by atoms with van der Waals surface area (Å²) >= 11 is 0. The fraction of sp³-hybridized carbons (Fsp3) is 0.600. The highest BCUT2D eigenvalue weighted by Crippen LogP contribution is 2.31. The Bertz CT molecular complexity index is 296. The van der Waals surface area contributed by atoms with E-state index >= 15 is 0 Å². The lowest BCUT2D eigenvalue weighted by Crippen LogP contribution is -2.05. The molecule has 1 fully saturated rings. The van der Waals surface area contributed by atoms with Crippen molar-refractivity contribution in [1.29, 1.82) is 0 Å². The fourth-order valence-electron chi connectivity index (χ4n) is 1.40. The predicted octanol–water partition coefficient (Wildman–Crippen LogP) is 1.73. The topological polar surface area (TPSA) is 49.8 Å². The van der Waals surface area contributed by atoms with Gasteiger partial charge < -0.3 is 10.6 Å². The van der Waals surface area contributed by atoms with Gasteiger partial charge in [-0.2, -0.15) is 0 Å². The molecule has 0 bridgehead atoms. The van der Waals surface area contributed by atoms with Gasteiger partial charge in [0.1, 0.15) is 18.0 Å². The van der Waals surface area contributed by atoms with Crippen LogP contribution in [0.3, 0.4) is 0 Å². The lowest BCUT2D eigenvalue weighted by atomic mass is 10.3. The average Bonchev–Trinajstić information content (AvgIpc) is 3.02. The first-order valence-corrected chi connectivity index (χ1v) is 5.12. The molecule has 1 aromatic rings. The normalized spacial score (nSPS) is 15.2. The maximum Gasteiger partial charge on any atom is 0.131 e. The second-order valence-electron chi connectivity index (χ2n) is 3.70. The largest absolute Gasteiger partial charge is 0.373 e. The summed E-state index contributed by atoms with van der Waals surface area (Å²) in [7, 11) is 1.86. The van der Waals surface area contributed by atoms with Crippen molar-refractivity contribution in [2.75, 3.05) is 24.2 Å². The molecule has 1 saturated carbocycles. The summed E-state index contributed by atoms with van der Waals surface area (Å²) in [5, 5.41) is 6.29. The van der Waals surface area contributed by atoms with Crippen LogP contribution in [0, 0.1) is 5.92 Å². The minimum absolute atomic E-state index is 0.855. The molecule has 1 aromatic heterocycles. The van der Waals surface area contributed by atoms with Gasteiger partial charge in [0.2, 0.25) is 0 Å². The van der Waals surface area contributed by atoms with E-state index in [0.717, 1.165) is 24.1 Å². The second kappa shape index (κ2) is 4.26. The predicted molar refractivity (Wildman–Crippen MR) is 57.4 cm³/mol. The van der Waals surface area contributed by atoms with E-state index in [1.165, 1.54) is 19.3 Å². The quantitative estimate of drug-likeness (QED) is 0.746. The Balaban J connectivity index is 1.81. The zero-order chi connectivity index (χ0) is 9.80. The van der Waals surface area contributed by atoms with Crippen molar-refractivity contribution in [2.24, 2.45) is 5.92 Å². The Hall–Kier alpha value is -1.32. The first-order valence-electron chi connectivity index (χ1n) is 5.12.